The summed E-state index contributed by atoms with van der Waals surface area (Å²) in [5, 5.41) is 3.09. The molecule has 39 heavy (non-hydrogen) atoms. The number of nitrogens with zero attached hydrogens (tertiary/aromatic N) is 2. The highest BCUT2D eigenvalue weighted by atomic mass is 35.5. The fourth-order valence-corrected chi connectivity index (χ4v) is 5.33. The number of nitrogens with one attached hydrogen (secondary N) is 1. The van der Waals surface area contributed by atoms with Crippen LogP contribution in [0, 0.1) is 0 Å². The Kier molecular flexibility index (Phi) is 9.63. The quantitative estimate of drug-likeness (QED) is 0.361. The van der Waals surface area contributed by atoms with E-state index in [4.69, 9.17) is 11.6 Å². The summed E-state index contributed by atoms with van der Waals surface area (Å²) in [6, 6.07) is 16.3. The second kappa shape index (κ2) is 12.5. The van der Waals surface area contributed by atoms with Crippen LogP contribution >= 0.6 is 11.6 Å². The third kappa shape index (κ3) is 7.51. The van der Waals surface area contributed by atoms with Gasteiger partial charge < -0.3 is 10.2 Å². The molecule has 0 bridgehead atoms. The van der Waals surface area contributed by atoms with Gasteiger partial charge in [0.25, 0.3) is 10.0 Å². The smallest absolute Gasteiger partial charge is 0.355 e. The molecule has 0 spiro atoms. The summed E-state index contributed by atoms with van der Waals surface area (Å²) in [4.78, 5) is 27.3. The van der Waals surface area contributed by atoms with Gasteiger partial charge in [0.05, 0.1) is 16.1 Å². The zero-order chi connectivity index (χ0) is 28.8. The van der Waals surface area contributed by atoms with E-state index in [1.54, 1.807) is 37.3 Å². The Morgan fingerprint density at radius 2 is 1.62 bits per heavy atom. The number of sulfonamides is 1. The van der Waals surface area contributed by atoms with Crippen molar-refractivity contribution in [2.45, 2.75) is 37.5 Å². The number of hydrogen-bond acceptors (Lipinski definition) is 4. The SMILES string of the molecule is CCNC(=O)C(C)N(Cc1ccc(Cl)cc1)C(=O)CN(c1cccc(C(F)(F)F)c1)S(=O)(=O)c1ccccc1. The van der Waals surface area contributed by atoms with Crippen LogP contribution in [0.15, 0.2) is 83.8 Å². The summed E-state index contributed by atoms with van der Waals surface area (Å²) in [6.45, 7) is 2.56. The van der Waals surface area contributed by atoms with Crippen LogP contribution in [0.25, 0.3) is 0 Å². The standard InChI is InChI=1S/C27H27ClF3N3O4S/c1-3-32-26(36)19(2)33(17-20-12-14-22(28)15-13-20)25(35)18-34(39(37,38)24-10-5-4-6-11-24)23-9-7-8-21(16-23)27(29,30)31/h4-16,19H,3,17-18H2,1-2H3,(H,32,36). The molecule has 0 aliphatic heterocycles. The van der Waals surface area contributed by atoms with Crippen molar-refractivity contribution < 1.29 is 31.2 Å². The summed E-state index contributed by atoms with van der Waals surface area (Å²) >= 11 is 5.96. The third-order valence-electron chi connectivity index (χ3n) is 5.86. The van der Waals surface area contributed by atoms with Gasteiger partial charge in [-0.25, -0.2) is 8.42 Å². The maximum atomic E-state index is 13.7. The maximum absolute atomic E-state index is 13.7. The largest absolute Gasteiger partial charge is 0.416 e. The number of carbonyl (C=O) groups excluding carboxylic acids is 2. The molecule has 0 aromatic heterocycles. The normalized spacial score (nSPS) is 12.5. The van der Waals surface area contributed by atoms with E-state index in [1.807, 2.05) is 0 Å². The number of hydrogen-bond donors (Lipinski definition) is 1. The van der Waals surface area contributed by atoms with E-state index in [9.17, 15) is 31.2 Å². The van der Waals surface area contributed by atoms with Gasteiger partial charge in [0, 0.05) is 18.1 Å². The van der Waals surface area contributed by atoms with Crippen LogP contribution < -0.4 is 9.62 Å². The molecule has 0 radical (unpaired) electrons. The van der Waals surface area contributed by atoms with Gasteiger partial charge in [-0.1, -0.05) is 48.0 Å². The lowest BCUT2D eigenvalue weighted by Crippen LogP contribution is -2.51. The molecule has 2 amide bonds. The van der Waals surface area contributed by atoms with E-state index in [0.29, 0.717) is 27.5 Å². The molecule has 0 fully saturated rings. The number of carbonyl (C=O) groups is 2. The molecule has 0 heterocycles. The summed E-state index contributed by atoms with van der Waals surface area (Å²) in [7, 11) is -4.48. The van der Waals surface area contributed by atoms with Crippen LogP contribution in [-0.4, -0.2) is 44.3 Å². The first-order valence-electron chi connectivity index (χ1n) is 11.9. The Bertz CT molecular complexity index is 1400. The highest BCUT2D eigenvalue weighted by Crippen LogP contribution is 2.33. The first kappa shape index (κ1) is 30.0. The molecular weight excluding hydrogens is 555 g/mol. The van der Waals surface area contributed by atoms with Crippen molar-refractivity contribution in [1.29, 1.82) is 0 Å². The second-order valence-electron chi connectivity index (χ2n) is 8.59. The lowest BCUT2D eigenvalue weighted by molar-refractivity contribution is -0.139. The van der Waals surface area contributed by atoms with Crippen molar-refractivity contribution in [3.05, 3.63) is 95.0 Å². The first-order valence-corrected chi connectivity index (χ1v) is 13.7. The van der Waals surface area contributed by atoms with Gasteiger partial charge in [-0.3, -0.25) is 13.9 Å². The molecular formula is C27H27ClF3N3O4S. The summed E-state index contributed by atoms with van der Waals surface area (Å²) < 4.78 is 68.3. The average Bonchev–Trinajstić information content (AvgIpc) is 2.91. The Morgan fingerprint density at radius 1 is 0.974 bits per heavy atom. The van der Waals surface area contributed by atoms with Gasteiger partial charge in [0.2, 0.25) is 11.8 Å². The van der Waals surface area contributed by atoms with E-state index in [-0.39, 0.29) is 17.1 Å². The van der Waals surface area contributed by atoms with E-state index in [2.05, 4.69) is 5.32 Å². The molecule has 0 saturated heterocycles. The molecule has 208 valence electrons. The molecule has 3 aromatic carbocycles. The minimum Gasteiger partial charge on any atom is -0.355 e. The van der Waals surface area contributed by atoms with Gasteiger partial charge in [0.1, 0.15) is 12.6 Å². The number of benzene rings is 3. The fraction of sp³-hybridized carbons (Fsp3) is 0.259. The van der Waals surface area contributed by atoms with Crippen LogP contribution in [-0.2, 0) is 32.3 Å². The lowest BCUT2D eigenvalue weighted by Gasteiger charge is -2.32. The molecule has 1 unspecified atom stereocenters. The van der Waals surface area contributed by atoms with Crippen molar-refractivity contribution >= 4 is 39.1 Å². The number of likely N-dealkylation sites (N-methyl/N-ethyl adjacent to an activating group) is 1. The van der Waals surface area contributed by atoms with Gasteiger partial charge in [-0.2, -0.15) is 13.2 Å². The van der Waals surface area contributed by atoms with Gasteiger partial charge in [-0.05, 0) is 61.9 Å². The molecule has 0 aliphatic rings. The number of anilines is 1. The lowest BCUT2D eigenvalue weighted by atomic mass is 10.1. The zero-order valence-electron chi connectivity index (χ0n) is 21.2. The molecule has 7 nitrogen and oxygen atoms in total. The second-order valence-corrected chi connectivity index (χ2v) is 10.9. The Balaban J connectivity index is 2.07. The van der Waals surface area contributed by atoms with Crippen molar-refractivity contribution in [3.8, 4) is 0 Å². The predicted molar refractivity (Wildman–Crippen MR) is 143 cm³/mol. The fourth-order valence-electron chi connectivity index (χ4n) is 3.78. The van der Waals surface area contributed by atoms with Crippen molar-refractivity contribution in [1.82, 2.24) is 10.2 Å². The number of alkyl halides is 3. The Hall–Kier alpha value is -3.57. The summed E-state index contributed by atoms with van der Waals surface area (Å²) in [5.41, 5.74) is -0.811. The van der Waals surface area contributed by atoms with Crippen LogP contribution in [0.3, 0.4) is 0 Å². The minimum atomic E-state index is -4.74. The molecule has 3 rings (SSSR count). The average molecular weight is 582 g/mol. The third-order valence-corrected chi connectivity index (χ3v) is 7.90. The van der Waals surface area contributed by atoms with E-state index >= 15 is 0 Å². The Morgan fingerprint density at radius 3 is 2.21 bits per heavy atom. The first-order chi connectivity index (χ1) is 18.3. The predicted octanol–water partition coefficient (Wildman–Crippen LogP) is 5.11. The molecule has 3 aromatic rings. The molecule has 0 saturated carbocycles. The molecule has 1 atom stereocenters. The number of amides is 2. The summed E-state index contributed by atoms with van der Waals surface area (Å²) in [5.74, 6) is -1.27. The van der Waals surface area contributed by atoms with Gasteiger partial charge >= 0.3 is 6.18 Å². The Labute approximate surface area is 230 Å². The topological polar surface area (TPSA) is 86.8 Å². The summed E-state index contributed by atoms with van der Waals surface area (Å²) in [6.07, 6.45) is -4.74. The molecule has 1 N–H and O–H groups in total. The van der Waals surface area contributed by atoms with Crippen LogP contribution in [0.2, 0.25) is 5.02 Å². The minimum absolute atomic E-state index is 0.0733. The number of rotatable bonds is 10. The van der Waals surface area contributed by atoms with Crippen molar-refractivity contribution in [2.24, 2.45) is 0 Å². The highest BCUT2D eigenvalue weighted by molar-refractivity contribution is 7.92. The van der Waals surface area contributed by atoms with E-state index in [1.165, 1.54) is 42.2 Å². The van der Waals surface area contributed by atoms with Crippen LogP contribution in [0.4, 0.5) is 18.9 Å². The van der Waals surface area contributed by atoms with Crippen LogP contribution in [0.1, 0.15) is 25.0 Å². The van der Waals surface area contributed by atoms with Gasteiger partial charge in [0.15, 0.2) is 0 Å². The monoisotopic (exact) mass is 581 g/mol. The van der Waals surface area contributed by atoms with Crippen molar-refractivity contribution in [3.63, 3.8) is 0 Å². The van der Waals surface area contributed by atoms with E-state index in [0.717, 1.165) is 12.1 Å². The molecule has 12 heteroatoms. The molecule has 0 aliphatic carbocycles. The van der Waals surface area contributed by atoms with Crippen LogP contribution in [0.5, 0.6) is 0 Å². The van der Waals surface area contributed by atoms with Crippen molar-refractivity contribution in [2.75, 3.05) is 17.4 Å². The number of halogens is 4. The maximum Gasteiger partial charge on any atom is 0.416 e. The zero-order valence-corrected chi connectivity index (χ0v) is 22.7. The highest BCUT2D eigenvalue weighted by Gasteiger charge is 2.35. The van der Waals surface area contributed by atoms with E-state index < -0.39 is 46.2 Å². The van der Waals surface area contributed by atoms with Gasteiger partial charge in [-0.15, -0.1) is 0 Å².